The molecule has 21 heavy (non-hydrogen) atoms. The van der Waals surface area contributed by atoms with Crippen molar-refractivity contribution in [2.45, 2.75) is 19.9 Å². The van der Waals surface area contributed by atoms with E-state index in [1.54, 1.807) is 18.6 Å². The maximum atomic E-state index is 11.7. The second kappa shape index (κ2) is 7.28. The molecule has 7 heteroatoms. The van der Waals surface area contributed by atoms with Crippen molar-refractivity contribution in [1.29, 1.82) is 0 Å². The van der Waals surface area contributed by atoms with Gasteiger partial charge in [-0.2, -0.15) is 0 Å². The van der Waals surface area contributed by atoms with Gasteiger partial charge in [-0.1, -0.05) is 0 Å². The molecule has 0 bridgehead atoms. The van der Waals surface area contributed by atoms with Crippen LogP contribution in [0.2, 0.25) is 0 Å². The fourth-order valence-corrected chi connectivity index (χ4v) is 1.76. The Hall–Kier alpha value is -2.57. The first-order valence-electron chi connectivity index (χ1n) is 6.76. The van der Waals surface area contributed by atoms with Gasteiger partial charge in [0.25, 0.3) is 0 Å². The molecule has 112 valence electrons. The number of hydrogen-bond acceptors (Lipinski definition) is 5. The number of hydrogen-bond donors (Lipinski definition) is 3. The average Bonchev–Trinajstić information content (AvgIpc) is 2.91. The summed E-state index contributed by atoms with van der Waals surface area (Å²) < 4.78 is 5.46. The molecule has 0 fully saturated rings. The third kappa shape index (κ3) is 4.79. The number of aryl methyl sites for hydroxylation is 1. The number of carbonyl (C=O) groups is 1. The largest absolute Gasteiger partial charge is 0.464 e. The van der Waals surface area contributed by atoms with Crippen molar-refractivity contribution in [2.24, 2.45) is 0 Å². The van der Waals surface area contributed by atoms with Gasteiger partial charge in [0.2, 0.25) is 0 Å². The summed E-state index contributed by atoms with van der Waals surface area (Å²) in [6, 6.07) is 3.32. The van der Waals surface area contributed by atoms with E-state index in [4.69, 9.17) is 4.42 Å². The van der Waals surface area contributed by atoms with Gasteiger partial charge in [0, 0.05) is 25.5 Å². The molecule has 0 aliphatic carbocycles. The van der Waals surface area contributed by atoms with Gasteiger partial charge in [-0.25, -0.2) is 9.78 Å². The standard InChI is InChI=1S/C14H19N5O2/c1-10-3-4-12(21-10)11(2)19-14(20)18-8-7-17-13-9-15-5-6-16-13/h3-6,9,11H,7-8H2,1-2H3,(H,16,17)(H2,18,19,20). The molecule has 7 nitrogen and oxygen atoms in total. The molecule has 1 unspecified atom stereocenters. The minimum atomic E-state index is -0.238. The quantitative estimate of drug-likeness (QED) is 0.706. The Bertz CT molecular complexity index is 570. The number of nitrogens with zero attached hydrogens (tertiary/aromatic N) is 2. The molecule has 0 saturated carbocycles. The van der Waals surface area contributed by atoms with E-state index in [0.29, 0.717) is 18.9 Å². The molecule has 0 saturated heterocycles. The number of aromatic nitrogens is 2. The summed E-state index contributed by atoms with van der Waals surface area (Å²) in [5, 5.41) is 8.62. The van der Waals surface area contributed by atoms with E-state index in [1.807, 2.05) is 26.0 Å². The number of urea groups is 1. The maximum Gasteiger partial charge on any atom is 0.315 e. The van der Waals surface area contributed by atoms with Crippen LogP contribution in [0.4, 0.5) is 10.6 Å². The summed E-state index contributed by atoms with van der Waals surface area (Å²) >= 11 is 0. The van der Waals surface area contributed by atoms with Gasteiger partial charge in [-0.15, -0.1) is 0 Å². The first kappa shape index (κ1) is 14.8. The number of amides is 2. The molecular formula is C14H19N5O2. The monoisotopic (exact) mass is 289 g/mol. The van der Waals surface area contributed by atoms with Crippen LogP contribution in [0, 0.1) is 6.92 Å². The molecule has 0 radical (unpaired) electrons. The van der Waals surface area contributed by atoms with Gasteiger partial charge < -0.3 is 20.4 Å². The maximum absolute atomic E-state index is 11.7. The Labute approximate surface area is 123 Å². The van der Waals surface area contributed by atoms with Crippen molar-refractivity contribution in [1.82, 2.24) is 20.6 Å². The predicted molar refractivity (Wildman–Crippen MR) is 78.9 cm³/mol. The molecule has 1 atom stereocenters. The number of rotatable bonds is 6. The molecule has 2 amide bonds. The van der Waals surface area contributed by atoms with E-state index in [1.165, 1.54) is 0 Å². The second-order valence-electron chi connectivity index (χ2n) is 4.59. The highest BCUT2D eigenvalue weighted by molar-refractivity contribution is 5.74. The van der Waals surface area contributed by atoms with E-state index in [0.717, 1.165) is 11.5 Å². The zero-order valence-electron chi connectivity index (χ0n) is 12.1. The lowest BCUT2D eigenvalue weighted by molar-refractivity contribution is 0.236. The molecule has 2 rings (SSSR count). The summed E-state index contributed by atoms with van der Waals surface area (Å²) in [5.74, 6) is 2.24. The molecule has 0 spiro atoms. The summed E-state index contributed by atoms with van der Waals surface area (Å²) in [5.41, 5.74) is 0. The number of anilines is 1. The molecule has 2 heterocycles. The zero-order valence-corrected chi connectivity index (χ0v) is 12.1. The normalized spacial score (nSPS) is 11.7. The van der Waals surface area contributed by atoms with Gasteiger partial charge in [0.15, 0.2) is 0 Å². The molecular weight excluding hydrogens is 270 g/mol. The number of nitrogens with one attached hydrogen (secondary N) is 3. The SMILES string of the molecule is Cc1ccc(C(C)NC(=O)NCCNc2cnccn2)o1. The zero-order chi connectivity index (χ0) is 15.1. The van der Waals surface area contributed by atoms with Crippen molar-refractivity contribution in [2.75, 3.05) is 18.4 Å². The van der Waals surface area contributed by atoms with Crippen LogP contribution in [0.25, 0.3) is 0 Å². The van der Waals surface area contributed by atoms with Crippen LogP contribution in [0.5, 0.6) is 0 Å². The first-order valence-corrected chi connectivity index (χ1v) is 6.76. The van der Waals surface area contributed by atoms with Gasteiger partial charge in [0.1, 0.15) is 17.3 Å². The predicted octanol–water partition coefficient (Wildman–Crippen LogP) is 1.85. The molecule has 2 aromatic heterocycles. The third-order valence-electron chi connectivity index (χ3n) is 2.82. The topological polar surface area (TPSA) is 92.1 Å². The average molecular weight is 289 g/mol. The van der Waals surface area contributed by atoms with E-state index in [2.05, 4.69) is 25.9 Å². The minimum absolute atomic E-state index is 0.174. The van der Waals surface area contributed by atoms with E-state index in [-0.39, 0.29) is 12.1 Å². The Morgan fingerprint density at radius 2 is 2.19 bits per heavy atom. The second-order valence-corrected chi connectivity index (χ2v) is 4.59. The fourth-order valence-electron chi connectivity index (χ4n) is 1.76. The Morgan fingerprint density at radius 1 is 1.33 bits per heavy atom. The highest BCUT2D eigenvalue weighted by Gasteiger charge is 2.11. The van der Waals surface area contributed by atoms with Gasteiger partial charge in [0.05, 0.1) is 12.2 Å². The van der Waals surface area contributed by atoms with Crippen molar-refractivity contribution >= 4 is 11.8 Å². The van der Waals surface area contributed by atoms with Gasteiger partial charge in [-0.3, -0.25) is 4.98 Å². The van der Waals surface area contributed by atoms with Crippen LogP contribution in [-0.2, 0) is 0 Å². The summed E-state index contributed by atoms with van der Waals surface area (Å²) in [6.07, 6.45) is 4.84. The van der Waals surface area contributed by atoms with Crippen LogP contribution in [-0.4, -0.2) is 29.1 Å². The van der Waals surface area contributed by atoms with Crippen molar-refractivity contribution in [3.8, 4) is 0 Å². The van der Waals surface area contributed by atoms with Crippen LogP contribution < -0.4 is 16.0 Å². The highest BCUT2D eigenvalue weighted by atomic mass is 16.3. The first-order chi connectivity index (χ1) is 10.1. The molecule has 2 aromatic rings. The highest BCUT2D eigenvalue weighted by Crippen LogP contribution is 2.14. The van der Waals surface area contributed by atoms with E-state index < -0.39 is 0 Å². The van der Waals surface area contributed by atoms with Crippen molar-refractivity contribution in [3.63, 3.8) is 0 Å². The van der Waals surface area contributed by atoms with Crippen molar-refractivity contribution in [3.05, 3.63) is 42.2 Å². The van der Waals surface area contributed by atoms with Gasteiger partial charge >= 0.3 is 6.03 Å². The van der Waals surface area contributed by atoms with Crippen LogP contribution >= 0.6 is 0 Å². The fraction of sp³-hybridized carbons (Fsp3) is 0.357. The number of carbonyl (C=O) groups excluding carboxylic acids is 1. The third-order valence-corrected chi connectivity index (χ3v) is 2.82. The van der Waals surface area contributed by atoms with Crippen molar-refractivity contribution < 1.29 is 9.21 Å². The molecule has 3 N–H and O–H groups in total. The Balaban J connectivity index is 1.65. The smallest absolute Gasteiger partial charge is 0.315 e. The summed E-state index contributed by atoms with van der Waals surface area (Å²) in [6.45, 7) is 4.79. The number of furan rings is 1. The van der Waals surface area contributed by atoms with E-state index in [9.17, 15) is 4.79 Å². The minimum Gasteiger partial charge on any atom is -0.464 e. The molecule has 0 aromatic carbocycles. The van der Waals surface area contributed by atoms with Crippen LogP contribution in [0.15, 0.2) is 35.1 Å². The molecule has 0 aliphatic rings. The Morgan fingerprint density at radius 3 is 2.86 bits per heavy atom. The van der Waals surface area contributed by atoms with E-state index >= 15 is 0 Å². The summed E-state index contributed by atoms with van der Waals surface area (Å²) in [7, 11) is 0. The lowest BCUT2D eigenvalue weighted by Crippen LogP contribution is -2.39. The van der Waals surface area contributed by atoms with Crippen LogP contribution in [0.3, 0.4) is 0 Å². The van der Waals surface area contributed by atoms with Crippen LogP contribution in [0.1, 0.15) is 24.5 Å². The van der Waals surface area contributed by atoms with Gasteiger partial charge in [-0.05, 0) is 26.0 Å². The Kier molecular flexibility index (Phi) is 5.14. The summed E-state index contributed by atoms with van der Waals surface area (Å²) in [4.78, 5) is 19.7. The molecule has 0 aliphatic heterocycles. The lowest BCUT2D eigenvalue weighted by Gasteiger charge is -2.13. The lowest BCUT2D eigenvalue weighted by atomic mass is 10.2.